The van der Waals surface area contributed by atoms with Gasteiger partial charge in [0, 0.05) is 0 Å². The van der Waals surface area contributed by atoms with Crippen molar-refractivity contribution in [2.45, 2.75) is 25.9 Å². The highest BCUT2D eigenvalue weighted by molar-refractivity contribution is 5.34. The smallest absolute Gasteiger partial charge is 0.0971 e. The van der Waals surface area contributed by atoms with Gasteiger partial charge >= 0.3 is 0 Å². The first kappa shape index (κ1) is 8.28. The van der Waals surface area contributed by atoms with Crippen LogP contribution in [-0.4, -0.2) is 11.2 Å². The summed E-state index contributed by atoms with van der Waals surface area (Å²) in [5.41, 5.74) is 1.02. The van der Waals surface area contributed by atoms with Crippen molar-refractivity contribution in [1.82, 2.24) is 0 Å². The van der Waals surface area contributed by atoms with E-state index in [1.54, 1.807) is 6.08 Å². The standard InChI is InChI=1S/C10H14O/c1-2-3-6-9-7-4-5-8-10(9)11/h4-8,10-11H,2-3H2,1H3. The monoisotopic (exact) mass is 150 g/mol. The Morgan fingerprint density at radius 1 is 1.55 bits per heavy atom. The molecule has 0 saturated heterocycles. The molecule has 0 radical (unpaired) electrons. The zero-order valence-electron chi connectivity index (χ0n) is 6.83. The molecule has 11 heavy (non-hydrogen) atoms. The Balaban J connectivity index is 2.57. The molecule has 0 amide bonds. The Labute approximate surface area is 67.7 Å². The Morgan fingerprint density at radius 2 is 2.36 bits per heavy atom. The highest BCUT2D eigenvalue weighted by Crippen LogP contribution is 2.12. The number of hydrogen-bond donors (Lipinski definition) is 1. The normalized spacial score (nSPS) is 26.4. The van der Waals surface area contributed by atoms with E-state index in [1.807, 2.05) is 18.2 Å². The van der Waals surface area contributed by atoms with Gasteiger partial charge in [-0.25, -0.2) is 0 Å². The second-order valence-electron chi connectivity index (χ2n) is 2.68. The SMILES string of the molecule is CCCC=C1C=CC=CC1O. The zero-order valence-corrected chi connectivity index (χ0v) is 6.83. The molecule has 1 aliphatic carbocycles. The largest absolute Gasteiger partial charge is 0.384 e. The summed E-state index contributed by atoms with van der Waals surface area (Å²) in [6, 6.07) is 0. The molecule has 0 saturated carbocycles. The summed E-state index contributed by atoms with van der Waals surface area (Å²) >= 11 is 0. The van der Waals surface area contributed by atoms with Gasteiger partial charge in [-0.1, -0.05) is 43.7 Å². The maximum atomic E-state index is 9.39. The fourth-order valence-corrected chi connectivity index (χ4v) is 1.05. The Bertz CT molecular complexity index is 199. The van der Waals surface area contributed by atoms with Crippen molar-refractivity contribution >= 4 is 0 Å². The summed E-state index contributed by atoms with van der Waals surface area (Å²) in [7, 11) is 0. The van der Waals surface area contributed by atoms with Gasteiger partial charge in [0.05, 0.1) is 6.10 Å². The molecule has 1 heteroatoms. The molecule has 0 aromatic carbocycles. The molecule has 0 fully saturated rings. The van der Waals surface area contributed by atoms with Crippen LogP contribution >= 0.6 is 0 Å². The third kappa shape index (κ3) is 2.35. The van der Waals surface area contributed by atoms with Crippen molar-refractivity contribution in [2.24, 2.45) is 0 Å². The first-order valence-electron chi connectivity index (χ1n) is 4.07. The lowest BCUT2D eigenvalue weighted by Gasteiger charge is -2.09. The van der Waals surface area contributed by atoms with E-state index >= 15 is 0 Å². The van der Waals surface area contributed by atoms with Gasteiger partial charge in [0.25, 0.3) is 0 Å². The number of aliphatic hydroxyl groups excluding tert-OH is 1. The third-order valence-corrected chi connectivity index (χ3v) is 1.70. The summed E-state index contributed by atoms with van der Waals surface area (Å²) in [5, 5.41) is 9.39. The van der Waals surface area contributed by atoms with Crippen LogP contribution in [-0.2, 0) is 0 Å². The Kier molecular flexibility index (Phi) is 3.12. The van der Waals surface area contributed by atoms with Crippen LogP contribution in [0, 0.1) is 0 Å². The van der Waals surface area contributed by atoms with Gasteiger partial charge in [0.1, 0.15) is 0 Å². The van der Waals surface area contributed by atoms with Gasteiger partial charge < -0.3 is 5.11 Å². The van der Waals surface area contributed by atoms with Gasteiger partial charge in [-0.3, -0.25) is 0 Å². The molecule has 0 aromatic rings. The van der Waals surface area contributed by atoms with E-state index in [0.29, 0.717) is 0 Å². The third-order valence-electron chi connectivity index (χ3n) is 1.70. The highest BCUT2D eigenvalue weighted by atomic mass is 16.3. The van der Waals surface area contributed by atoms with E-state index in [2.05, 4.69) is 13.0 Å². The van der Waals surface area contributed by atoms with Crippen LogP contribution < -0.4 is 0 Å². The Morgan fingerprint density at radius 3 is 3.00 bits per heavy atom. The lowest BCUT2D eigenvalue weighted by atomic mass is 10.0. The minimum absolute atomic E-state index is 0.383. The van der Waals surface area contributed by atoms with E-state index in [4.69, 9.17) is 0 Å². The van der Waals surface area contributed by atoms with Crippen LogP contribution in [0.3, 0.4) is 0 Å². The van der Waals surface area contributed by atoms with Crippen molar-refractivity contribution in [1.29, 1.82) is 0 Å². The molecule has 1 atom stereocenters. The van der Waals surface area contributed by atoms with Crippen LogP contribution in [0.2, 0.25) is 0 Å². The van der Waals surface area contributed by atoms with Crippen LogP contribution in [0.25, 0.3) is 0 Å². The van der Waals surface area contributed by atoms with Gasteiger partial charge in [0.2, 0.25) is 0 Å². The second kappa shape index (κ2) is 4.14. The summed E-state index contributed by atoms with van der Waals surface area (Å²) in [6.07, 6.45) is 11.5. The number of hydrogen-bond acceptors (Lipinski definition) is 1. The average molecular weight is 150 g/mol. The van der Waals surface area contributed by atoms with Crippen LogP contribution in [0.15, 0.2) is 36.0 Å². The lowest BCUT2D eigenvalue weighted by molar-refractivity contribution is 0.261. The molecule has 0 bridgehead atoms. The molecule has 1 rings (SSSR count). The molecule has 60 valence electrons. The molecule has 0 spiro atoms. The summed E-state index contributed by atoms with van der Waals surface area (Å²) < 4.78 is 0. The summed E-state index contributed by atoms with van der Waals surface area (Å²) in [5.74, 6) is 0. The van der Waals surface area contributed by atoms with Gasteiger partial charge in [-0.05, 0) is 12.0 Å². The van der Waals surface area contributed by atoms with Crippen molar-refractivity contribution in [3.63, 3.8) is 0 Å². The zero-order chi connectivity index (χ0) is 8.10. The first-order chi connectivity index (χ1) is 5.34. The maximum absolute atomic E-state index is 9.39. The topological polar surface area (TPSA) is 20.2 Å². The second-order valence-corrected chi connectivity index (χ2v) is 2.68. The first-order valence-corrected chi connectivity index (χ1v) is 4.07. The van der Waals surface area contributed by atoms with Crippen molar-refractivity contribution in [3.8, 4) is 0 Å². The molecule has 0 heterocycles. The maximum Gasteiger partial charge on any atom is 0.0971 e. The molecule has 0 aliphatic heterocycles. The van der Waals surface area contributed by atoms with Gasteiger partial charge in [-0.2, -0.15) is 0 Å². The fraction of sp³-hybridized carbons (Fsp3) is 0.400. The number of unbranched alkanes of at least 4 members (excludes halogenated alkanes) is 1. The molecule has 0 aromatic heterocycles. The molecule has 1 nitrogen and oxygen atoms in total. The average Bonchev–Trinajstić information content (AvgIpc) is 2.03. The summed E-state index contributed by atoms with van der Waals surface area (Å²) in [6.45, 7) is 2.13. The Hall–Kier alpha value is -0.820. The van der Waals surface area contributed by atoms with Gasteiger partial charge in [-0.15, -0.1) is 0 Å². The molecular formula is C10H14O. The molecular weight excluding hydrogens is 136 g/mol. The van der Waals surface area contributed by atoms with Crippen LogP contribution in [0.1, 0.15) is 19.8 Å². The molecule has 1 N–H and O–H groups in total. The number of rotatable bonds is 2. The van der Waals surface area contributed by atoms with Gasteiger partial charge in [0.15, 0.2) is 0 Å². The number of aliphatic hydroxyl groups is 1. The van der Waals surface area contributed by atoms with Crippen molar-refractivity contribution < 1.29 is 5.11 Å². The van der Waals surface area contributed by atoms with E-state index in [1.165, 1.54) is 0 Å². The van der Waals surface area contributed by atoms with E-state index < -0.39 is 0 Å². The molecule has 1 unspecified atom stereocenters. The van der Waals surface area contributed by atoms with E-state index in [0.717, 1.165) is 18.4 Å². The van der Waals surface area contributed by atoms with E-state index in [9.17, 15) is 5.11 Å². The van der Waals surface area contributed by atoms with Crippen molar-refractivity contribution in [2.75, 3.05) is 0 Å². The fourth-order valence-electron chi connectivity index (χ4n) is 1.05. The van der Waals surface area contributed by atoms with Crippen LogP contribution in [0.5, 0.6) is 0 Å². The van der Waals surface area contributed by atoms with Crippen molar-refractivity contribution in [3.05, 3.63) is 36.0 Å². The van der Waals surface area contributed by atoms with Crippen LogP contribution in [0.4, 0.5) is 0 Å². The minimum Gasteiger partial charge on any atom is -0.384 e. The highest BCUT2D eigenvalue weighted by Gasteiger charge is 2.04. The predicted octanol–water partition coefficient (Wildman–Crippen LogP) is 2.20. The quantitative estimate of drug-likeness (QED) is 0.639. The molecule has 1 aliphatic rings. The summed E-state index contributed by atoms with van der Waals surface area (Å²) in [4.78, 5) is 0. The predicted molar refractivity (Wildman–Crippen MR) is 47.3 cm³/mol. The lowest BCUT2D eigenvalue weighted by Crippen LogP contribution is -2.06. The number of allylic oxidation sites excluding steroid dienone is 3. The minimum atomic E-state index is -0.383. The van der Waals surface area contributed by atoms with E-state index in [-0.39, 0.29) is 6.10 Å².